The van der Waals surface area contributed by atoms with E-state index in [1.54, 1.807) is 30.5 Å². The fourth-order valence-corrected chi connectivity index (χ4v) is 1.79. The first-order valence-corrected chi connectivity index (χ1v) is 7.12. The van der Waals surface area contributed by atoms with Crippen LogP contribution in [0.2, 0.25) is 0 Å². The molecule has 0 bridgehead atoms. The monoisotopic (exact) mass is 315 g/mol. The van der Waals surface area contributed by atoms with Crippen LogP contribution < -0.4 is 15.8 Å². The maximum atomic E-state index is 12.4. The SMILES string of the molecule is NCC(=CF)COc1ccc(C(=O)NCc2ccccn2)cc1. The Morgan fingerprint density at radius 2 is 2.04 bits per heavy atom. The molecule has 0 spiro atoms. The molecule has 5 nitrogen and oxygen atoms in total. The zero-order chi connectivity index (χ0) is 16.5. The van der Waals surface area contributed by atoms with Gasteiger partial charge in [-0.25, -0.2) is 4.39 Å². The van der Waals surface area contributed by atoms with Gasteiger partial charge in [0.15, 0.2) is 0 Å². The van der Waals surface area contributed by atoms with Crippen molar-refractivity contribution in [3.05, 3.63) is 71.8 Å². The lowest BCUT2D eigenvalue weighted by atomic mass is 10.2. The van der Waals surface area contributed by atoms with E-state index < -0.39 is 0 Å². The maximum Gasteiger partial charge on any atom is 0.251 e. The number of amides is 1. The van der Waals surface area contributed by atoms with Crippen LogP contribution in [0.15, 0.2) is 60.6 Å². The molecule has 0 saturated heterocycles. The Labute approximate surface area is 134 Å². The number of halogens is 1. The van der Waals surface area contributed by atoms with Gasteiger partial charge in [0, 0.05) is 23.9 Å². The number of benzene rings is 1. The van der Waals surface area contributed by atoms with E-state index in [4.69, 9.17) is 10.5 Å². The Bertz CT molecular complexity index is 657. The third-order valence-corrected chi connectivity index (χ3v) is 3.11. The van der Waals surface area contributed by atoms with Crippen LogP contribution in [0, 0.1) is 0 Å². The maximum absolute atomic E-state index is 12.4. The van der Waals surface area contributed by atoms with Gasteiger partial charge in [0.25, 0.3) is 5.91 Å². The molecule has 0 unspecified atom stereocenters. The molecule has 0 atom stereocenters. The molecule has 6 heteroatoms. The van der Waals surface area contributed by atoms with Gasteiger partial charge in [-0.3, -0.25) is 9.78 Å². The van der Waals surface area contributed by atoms with Crippen molar-refractivity contribution in [2.24, 2.45) is 5.73 Å². The molecule has 1 amide bonds. The minimum Gasteiger partial charge on any atom is -0.489 e. The number of ether oxygens (including phenoxy) is 1. The fraction of sp³-hybridized carbons (Fsp3) is 0.176. The molecule has 2 aromatic rings. The predicted octanol–water partition coefficient (Wildman–Crippen LogP) is 2.20. The van der Waals surface area contributed by atoms with Gasteiger partial charge in [0.05, 0.1) is 18.6 Å². The number of carbonyl (C=O) groups is 1. The Morgan fingerprint density at radius 1 is 1.26 bits per heavy atom. The lowest BCUT2D eigenvalue weighted by Crippen LogP contribution is -2.23. The molecule has 3 N–H and O–H groups in total. The molecule has 23 heavy (non-hydrogen) atoms. The highest BCUT2D eigenvalue weighted by molar-refractivity contribution is 5.94. The van der Waals surface area contributed by atoms with Gasteiger partial charge in [-0.05, 0) is 36.4 Å². The molecule has 1 aromatic heterocycles. The van der Waals surface area contributed by atoms with Gasteiger partial charge in [0.1, 0.15) is 12.4 Å². The van der Waals surface area contributed by atoms with Crippen LogP contribution in [0.1, 0.15) is 16.1 Å². The van der Waals surface area contributed by atoms with Gasteiger partial charge in [-0.1, -0.05) is 6.07 Å². The zero-order valence-electron chi connectivity index (χ0n) is 12.5. The van der Waals surface area contributed by atoms with Crippen LogP contribution >= 0.6 is 0 Å². The first-order valence-electron chi connectivity index (χ1n) is 7.12. The third-order valence-electron chi connectivity index (χ3n) is 3.11. The van der Waals surface area contributed by atoms with Gasteiger partial charge in [0.2, 0.25) is 0 Å². The van der Waals surface area contributed by atoms with E-state index in [-0.39, 0.29) is 19.1 Å². The highest BCUT2D eigenvalue weighted by Crippen LogP contribution is 2.13. The van der Waals surface area contributed by atoms with Gasteiger partial charge in [-0.2, -0.15) is 0 Å². The first kappa shape index (κ1) is 16.6. The zero-order valence-corrected chi connectivity index (χ0v) is 12.5. The molecule has 1 aromatic carbocycles. The molecule has 0 fully saturated rings. The van der Waals surface area contributed by atoms with Crippen LogP contribution in [0.4, 0.5) is 4.39 Å². The van der Waals surface area contributed by atoms with Crippen LogP contribution in [0.5, 0.6) is 5.75 Å². The number of rotatable bonds is 7. The van der Waals surface area contributed by atoms with Gasteiger partial charge >= 0.3 is 0 Å². The minimum atomic E-state index is -0.200. The number of nitrogens with one attached hydrogen (secondary N) is 1. The smallest absolute Gasteiger partial charge is 0.251 e. The summed E-state index contributed by atoms with van der Waals surface area (Å²) in [6.45, 7) is 0.543. The van der Waals surface area contributed by atoms with E-state index in [1.807, 2.05) is 18.2 Å². The minimum absolute atomic E-state index is 0.0816. The predicted molar refractivity (Wildman–Crippen MR) is 85.6 cm³/mol. The quantitative estimate of drug-likeness (QED) is 0.821. The lowest BCUT2D eigenvalue weighted by Gasteiger charge is -2.08. The Hall–Kier alpha value is -2.73. The normalized spacial score (nSPS) is 11.1. The highest BCUT2D eigenvalue weighted by atomic mass is 19.1. The molecule has 0 aliphatic rings. The molecule has 0 aliphatic carbocycles. The van der Waals surface area contributed by atoms with Gasteiger partial charge in [-0.15, -0.1) is 0 Å². The fourth-order valence-electron chi connectivity index (χ4n) is 1.79. The van der Waals surface area contributed by atoms with Crippen LogP contribution in [0.3, 0.4) is 0 Å². The van der Waals surface area contributed by atoms with E-state index in [1.165, 1.54) is 0 Å². The molecule has 2 rings (SSSR count). The summed E-state index contributed by atoms with van der Waals surface area (Å²) >= 11 is 0. The van der Waals surface area contributed by atoms with Gasteiger partial charge < -0.3 is 15.8 Å². The summed E-state index contributed by atoms with van der Waals surface area (Å²) in [4.78, 5) is 16.2. The second-order valence-electron chi connectivity index (χ2n) is 4.79. The molecular formula is C17H18FN3O2. The Kier molecular flexibility index (Phi) is 6.26. The summed E-state index contributed by atoms with van der Waals surface area (Å²) in [5.74, 6) is 0.340. The molecule has 120 valence electrons. The summed E-state index contributed by atoms with van der Waals surface area (Å²) in [6.07, 6.45) is 2.12. The van der Waals surface area contributed by atoms with Crippen molar-refractivity contribution < 1.29 is 13.9 Å². The van der Waals surface area contributed by atoms with E-state index in [0.29, 0.717) is 29.8 Å². The largest absolute Gasteiger partial charge is 0.489 e. The molecule has 0 aliphatic heterocycles. The van der Waals surface area contributed by atoms with E-state index in [2.05, 4.69) is 10.3 Å². The van der Waals surface area contributed by atoms with Crippen molar-refractivity contribution >= 4 is 5.91 Å². The van der Waals surface area contributed by atoms with Crippen molar-refractivity contribution in [3.8, 4) is 5.75 Å². The number of aromatic nitrogens is 1. The second kappa shape index (κ2) is 8.65. The number of carbonyl (C=O) groups excluding carboxylic acids is 1. The lowest BCUT2D eigenvalue weighted by molar-refractivity contribution is 0.0950. The summed E-state index contributed by atoms with van der Waals surface area (Å²) in [5, 5.41) is 2.79. The number of nitrogens with zero attached hydrogens (tertiary/aromatic N) is 1. The molecular weight excluding hydrogens is 297 g/mol. The Morgan fingerprint density at radius 3 is 2.65 bits per heavy atom. The average Bonchev–Trinajstić information content (AvgIpc) is 2.62. The topological polar surface area (TPSA) is 77.2 Å². The summed E-state index contributed by atoms with van der Waals surface area (Å²) < 4.78 is 17.8. The van der Waals surface area contributed by atoms with Crippen molar-refractivity contribution in [3.63, 3.8) is 0 Å². The van der Waals surface area contributed by atoms with Crippen molar-refractivity contribution in [1.82, 2.24) is 10.3 Å². The number of hydrogen-bond acceptors (Lipinski definition) is 4. The summed E-state index contributed by atoms with van der Waals surface area (Å²) in [5.41, 5.74) is 7.00. The van der Waals surface area contributed by atoms with Crippen LogP contribution in [0.25, 0.3) is 0 Å². The highest BCUT2D eigenvalue weighted by Gasteiger charge is 2.06. The Balaban J connectivity index is 1.87. The standard InChI is InChI=1S/C17H18FN3O2/c18-9-13(10-19)12-23-16-6-4-14(5-7-16)17(22)21-11-15-3-1-2-8-20-15/h1-9H,10-12,19H2,(H,21,22). The van der Waals surface area contributed by atoms with E-state index in [9.17, 15) is 9.18 Å². The third kappa shape index (κ3) is 5.19. The van der Waals surface area contributed by atoms with Crippen molar-refractivity contribution in [2.45, 2.75) is 6.54 Å². The average molecular weight is 315 g/mol. The van der Waals surface area contributed by atoms with Crippen LogP contribution in [-0.4, -0.2) is 24.0 Å². The summed E-state index contributed by atoms with van der Waals surface area (Å²) in [7, 11) is 0. The number of pyridine rings is 1. The second-order valence-corrected chi connectivity index (χ2v) is 4.79. The first-order chi connectivity index (χ1) is 11.2. The molecule has 1 heterocycles. The summed E-state index contributed by atoms with van der Waals surface area (Å²) in [6, 6.07) is 12.1. The van der Waals surface area contributed by atoms with E-state index >= 15 is 0 Å². The molecule has 0 radical (unpaired) electrons. The van der Waals surface area contributed by atoms with E-state index in [0.717, 1.165) is 5.69 Å². The molecule has 0 saturated carbocycles. The van der Waals surface area contributed by atoms with Crippen LogP contribution in [-0.2, 0) is 6.54 Å². The number of nitrogens with two attached hydrogens (primary N) is 1. The number of hydrogen-bond donors (Lipinski definition) is 2. The van der Waals surface area contributed by atoms with Crippen molar-refractivity contribution in [1.29, 1.82) is 0 Å². The van der Waals surface area contributed by atoms with Crippen molar-refractivity contribution in [2.75, 3.05) is 13.2 Å².